The molecule has 0 radical (unpaired) electrons. The summed E-state index contributed by atoms with van der Waals surface area (Å²) in [4.78, 5) is 43.8. The van der Waals surface area contributed by atoms with Crippen LogP contribution in [0.2, 0.25) is 0 Å². The van der Waals surface area contributed by atoms with E-state index in [0.29, 0.717) is 18.1 Å². The number of esters is 1. The summed E-state index contributed by atoms with van der Waals surface area (Å²) in [5, 5.41) is 2.79. The third-order valence-electron chi connectivity index (χ3n) is 6.52. The van der Waals surface area contributed by atoms with Crippen molar-refractivity contribution in [2.75, 3.05) is 19.0 Å². The SMILES string of the molecule is COC(=O)c1ccc(NC(=O)[C@H](CC2CCCCC2)N2CC(Oc3c(F)cccc3[I-]I)=CC2=O)nc1. The maximum absolute atomic E-state index is 14.5. The van der Waals surface area contributed by atoms with Crippen LogP contribution in [0.4, 0.5) is 10.2 Å². The van der Waals surface area contributed by atoms with Crippen molar-refractivity contribution in [1.82, 2.24) is 9.88 Å². The van der Waals surface area contributed by atoms with Crippen LogP contribution < -0.4 is 27.3 Å². The van der Waals surface area contributed by atoms with Crippen LogP contribution in [0, 0.1) is 15.3 Å². The molecule has 4 rings (SSSR count). The summed E-state index contributed by atoms with van der Waals surface area (Å²) in [6.07, 6.45) is 8.58. The van der Waals surface area contributed by atoms with Gasteiger partial charge in [-0.1, -0.05) is 0 Å². The van der Waals surface area contributed by atoms with Crippen molar-refractivity contribution in [3.8, 4) is 5.75 Å². The van der Waals surface area contributed by atoms with Gasteiger partial charge in [0.25, 0.3) is 0 Å². The normalized spacial score (nSPS) is 16.9. The third kappa shape index (κ3) is 6.98. The second-order valence-corrected chi connectivity index (χ2v) is 13.3. The molecular weight excluding hydrogens is 707 g/mol. The van der Waals surface area contributed by atoms with Gasteiger partial charge in [-0.3, -0.25) is 0 Å². The van der Waals surface area contributed by atoms with E-state index >= 15 is 0 Å². The van der Waals surface area contributed by atoms with Gasteiger partial charge in [0, 0.05) is 0 Å². The van der Waals surface area contributed by atoms with E-state index in [-0.39, 0.29) is 35.5 Å². The quantitative estimate of drug-likeness (QED) is 0.312. The van der Waals surface area contributed by atoms with E-state index in [4.69, 9.17) is 4.74 Å². The molecule has 1 aliphatic carbocycles. The standard InChI is InChI=1S/C26H27FI2N3O5/c1-36-26(35)17-10-11-22(30-14-17)31-25(34)21(12-16-6-3-2-4-7-16)32-15-18(13-23(32)33)37-24-19(27)8-5-9-20(24)29-28/h5,8-11,13-14,16,21H,2-4,6-7,12,15H2,1H3,(H,30,31,34)/q-1/t21-/m0/s1. The van der Waals surface area contributed by atoms with Gasteiger partial charge >= 0.3 is 214 Å². The topological polar surface area (TPSA) is 97.8 Å². The van der Waals surface area contributed by atoms with Gasteiger partial charge in [0.2, 0.25) is 0 Å². The fourth-order valence-corrected chi connectivity index (χ4v) is 7.69. The zero-order valence-corrected chi connectivity index (χ0v) is 24.5. The monoisotopic (exact) mass is 734 g/mol. The van der Waals surface area contributed by atoms with Crippen LogP contribution in [0.3, 0.4) is 0 Å². The molecule has 0 saturated heterocycles. The molecule has 1 atom stereocenters. The Morgan fingerprint density at radius 3 is 2.70 bits per heavy atom. The number of methoxy groups -OCH3 is 1. The number of carbonyl (C=O) groups is 3. The van der Waals surface area contributed by atoms with E-state index in [1.54, 1.807) is 6.07 Å². The molecule has 1 aromatic heterocycles. The summed E-state index contributed by atoms with van der Waals surface area (Å²) >= 11 is 1.77. The molecule has 1 N–H and O–H groups in total. The van der Waals surface area contributed by atoms with Crippen LogP contribution in [0.1, 0.15) is 48.9 Å². The number of hydrogen-bond acceptors (Lipinski definition) is 6. The molecule has 0 unspecified atom stereocenters. The molecule has 2 aromatic rings. The van der Waals surface area contributed by atoms with Gasteiger partial charge < -0.3 is 4.74 Å². The molecule has 1 fully saturated rings. The number of aromatic nitrogens is 1. The van der Waals surface area contributed by atoms with Gasteiger partial charge in [-0.25, -0.2) is 4.79 Å². The molecule has 198 valence electrons. The third-order valence-corrected chi connectivity index (χ3v) is 10.8. The molecule has 0 spiro atoms. The number of hydrogen-bond donors (Lipinski definition) is 1. The Bertz CT molecular complexity index is 1190. The van der Waals surface area contributed by atoms with Crippen LogP contribution >= 0.6 is 18.6 Å². The van der Waals surface area contributed by atoms with Crippen molar-refractivity contribution in [1.29, 1.82) is 0 Å². The molecular formula is C26H27FI2N3O5-. The predicted octanol–water partition coefficient (Wildman–Crippen LogP) is 1.70. The number of para-hydroxylation sites is 1. The van der Waals surface area contributed by atoms with E-state index in [1.165, 1.54) is 48.9 Å². The Morgan fingerprint density at radius 2 is 2.03 bits per heavy atom. The number of ether oxygens (including phenoxy) is 2. The fraction of sp³-hybridized carbons (Fsp3) is 0.385. The molecule has 2 amide bonds. The van der Waals surface area contributed by atoms with Gasteiger partial charge in [-0.05, 0) is 0 Å². The minimum atomic E-state index is -0.743. The molecule has 2 aliphatic rings. The van der Waals surface area contributed by atoms with Gasteiger partial charge in [0.15, 0.2) is 0 Å². The van der Waals surface area contributed by atoms with Crippen LogP contribution in [0.15, 0.2) is 48.4 Å². The van der Waals surface area contributed by atoms with Gasteiger partial charge in [0.1, 0.15) is 0 Å². The van der Waals surface area contributed by atoms with Crippen molar-refractivity contribution in [3.63, 3.8) is 0 Å². The first-order valence-electron chi connectivity index (χ1n) is 12.0. The van der Waals surface area contributed by atoms with E-state index in [9.17, 15) is 18.8 Å². The van der Waals surface area contributed by atoms with Crippen molar-refractivity contribution >= 4 is 42.2 Å². The summed E-state index contributed by atoms with van der Waals surface area (Å²) in [5.74, 6) is -0.661. The zero-order valence-electron chi connectivity index (χ0n) is 20.2. The predicted molar refractivity (Wildman–Crippen MR) is 139 cm³/mol. The van der Waals surface area contributed by atoms with E-state index < -0.39 is 35.1 Å². The van der Waals surface area contributed by atoms with Crippen molar-refractivity contribution < 1.29 is 45.5 Å². The molecule has 37 heavy (non-hydrogen) atoms. The van der Waals surface area contributed by atoms with Crippen molar-refractivity contribution in [2.24, 2.45) is 5.92 Å². The first-order valence-corrected chi connectivity index (χ1v) is 19.3. The Hall–Kier alpha value is -2.29. The zero-order chi connectivity index (χ0) is 26.4. The number of amides is 2. The molecule has 1 aromatic carbocycles. The molecule has 0 bridgehead atoms. The Kier molecular flexibility index (Phi) is 9.73. The molecule has 11 heteroatoms. The van der Waals surface area contributed by atoms with E-state index in [2.05, 4.69) is 33.7 Å². The average Bonchev–Trinajstić information content (AvgIpc) is 3.28. The minimum absolute atomic E-state index is 0.0751. The Morgan fingerprint density at radius 1 is 1.24 bits per heavy atom. The average molecular weight is 734 g/mol. The van der Waals surface area contributed by atoms with E-state index in [1.807, 2.05) is 6.07 Å². The number of halogens is 3. The van der Waals surface area contributed by atoms with E-state index in [0.717, 1.165) is 29.3 Å². The van der Waals surface area contributed by atoms with Crippen LogP contribution in [-0.4, -0.2) is 47.4 Å². The molecule has 1 saturated carbocycles. The summed E-state index contributed by atoms with van der Waals surface area (Å²) in [6, 6.07) is 7.10. The molecule has 1 aliphatic heterocycles. The number of anilines is 1. The van der Waals surface area contributed by atoms with Gasteiger partial charge in [-0.2, -0.15) is 0 Å². The second kappa shape index (κ2) is 13.0. The van der Waals surface area contributed by atoms with Crippen LogP contribution in [0.25, 0.3) is 0 Å². The first-order chi connectivity index (χ1) is 17.9. The Balaban J connectivity index is 1.51. The van der Waals surface area contributed by atoms with Crippen molar-refractivity contribution in [3.05, 3.63) is 63.3 Å². The summed E-state index contributed by atoms with van der Waals surface area (Å²) < 4.78 is 25.8. The molecule has 8 nitrogen and oxygen atoms in total. The number of carbonyl (C=O) groups excluding carboxylic acids is 3. The fourth-order valence-electron chi connectivity index (χ4n) is 4.64. The van der Waals surface area contributed by atoms with Crippen LogP contribution in [-0.2, 0) is 14.3 Å². The number of rotatable bonds is 9. The number of pyridine rings is 1. The number of benzene rings is 1. The van der Waals surface area contributed by atoms with Gasteiger partial charge in [-0.15, -0.1) is 0 Å². The summed E-state index contributed by atoms with van der Waals surface area (Å²) in [6.45, 7) is 0.0751. The van der Waals surface area contributed by atoms with Gasteiger partial charge in [0.05, 0.1) is 12.7 Å². The molecule has 2 heterocycles. The maximum atomic E-state index is 14.5. The number of nitrogens with one attached hydrogen (secondary N) is 1. The second-order valence-electron chi connectivity index (χ2n) is 8.97. The number of nitrogens with zero attached hydrogens (tertiary/aromatic N) is 2. The Labute approximate surface area is 234 Å². The van der Waals surface area contributed by atoms with Crippen LogP contribution in [0.5, 0.6) is 5.75 Å². The van der Waals surface area contributed by atoms with Crippen molar-refractivity contribution in [2.45, 2.75) is 44.6 Å². The summed E-state index contributed by atoms with van der Waals surface area (Å²) in [5.41, 5.74) is 0.265. The first kappa shape index (κ1) is 27.7. The summed E-state index contributed by atoms with van der Waals surface area (Å²) in [7, 11) is 1.28.